The molecule has 1 saturated heterocycles. The van der Waals surface area contributed by atoms with Crippen LogP contribution in [0.25, 0.3) is 0 Å². The molecule has 0 saturated carbocycles. The molecule has 1 aliphatic heterocycles. The minimum atomic E-state index is 0.638. The van der Waals surface area contributed by atoms with E-state index in [1.54, 1.807) is 0 Å². The Morgan fingerprint density at radius 1 is 1.50 bits per heavy atom. The Bertz CT molecular complexity index is 355. The van der Waals surface area contributed by atoms with Crippen LogP contribution in [-0.2, 0) is 11.2 Å². The standard InChI is InChI=1S/C12H16BrNOS/c1-14-5-4-9-2-3-12(11(13)6-9)16-10-7-15-8-10/h2-3,6,10,14H,4-5,7-8H2,1H3. The molecule has 1 heterocycles. The highest BCUT2D eigenvalue weighted by Crippen LogP contribution is 2.34. The molecule has 0 radical (unpaired) electrons. The number of nitrogens with one attached hydrogen (secondary N) is 1. The molecule has 0 unspecified atom stereocenters. The lowest BCUT2D eigenvalue weighted by Gasteiger charge is -2.25. The summed E-state index contributed by atoms with van der Waals surface area (Å²) in [5, 5.41) is 3.80. The van der Waals surface area contributed by atoms with Crippen LogP contribution in [0.3, 0.4) is 0 Å². The second kappa shape index (κ2) is 6.05. The summed E-state index contributed by atoms with van der Waals surface area (Å²) in [6.07, 6.45) is 1.08. The van der Waals surface area contributed by atoms with Crippen molar-refractivity contribution in [2.24, 2.45) is 0 Å². The molecule has 1 N–H and O–H groups in total. The average Bonchev–Trinajstić information content (AvgIpc) is 2.22. The molecular weight excluding hydrogens is 286 g/mol. The highest BCUT2D eigenvalue weighted by molar-refractivity contribution is 9.10. The van der Waals surface area contributed by atoms with E-state index in [2.05, 4.69) is 39.4 Å². The molecule has 1 aliphatic rings. The summed E-state index contributed by atoms with van der Waals surface area (Å²) in [6.45, 7) is 2.80. The van der Waals surface area contributed by atoms with E-state index in [9.17, 15) is 0 Å². The van der Waals surface area contributed by atoms with Crippen LogP contribution in [0.2, 0.25) is 0 Å². The first-order valence-electron chi connectivity index (χ1n) is 5.47. The van der Waals surface area contributed by atoms with Gasteiger partial charge in [-0.1, -0.05) is 6.07 Å². The molecule has 16 heavy (non-hydrogen) atoms. The van der Waals surface area contributed by atoms with Crippen molar-refractivity contribution in [2.45, 2.75) is 16.6 Å². The van der Waals surface area contributed by atoms with E-state index in [-0.39, 0.29) is 0 Å². The minimum absolute atomic E-state index is 0.638. The van der Waals surface area contributed by atoms with Crippen molar-refractivity contribution in [3.05, 3.63) is 28.2 Å². The summed E-state index contributed by atoms with van der Waals surface area (Å²) in [5.74, 6) is 0. The summed E-state index contributed by atoms with van der Waals surface area (Å²) in [6, 6.07) is 6.64. The zero-order valence-corrected chi connectivity index (χ0v) is 11.7. The Morgan fingerprint density at radius 2 is 2.31 bits per heavy atom. The molecule has 88 valence electrons. The predicted molar refractivity (Wildman–Crippen MR) is 72.2 cm³/mol. The molecule has 0 amide bonds. The van der Waals surface area contributed by atoms with Gasteiger partial charge >= 0.3 is 0 Å². The Hall–Kier alpha value is -0.0300. The molecule has 2 nitrogen and oxygen atoms in total. The number of likely N-dealkylation sites (N-methyl/N-ethyl adjacent to an activating group) is 1. The topological polar surface area (TPSA) is 21.3 Å². The number of hydrogen-bond donors (Lipinski definition) is 1. The van der Waals surface area contributed by atoms with Crippen molar-refractivity contribution in [1.29, 1.82) is 0 Å². The van der Waals surface area contributed by atoms with Crippen molar-refractivity contribution in [1.82, 2.24) is 5.32 Å². The summed E-state index contributed by atoms with van der Waals surface area (Å²) in [5.41, 5.74) is 1.37. The molecule has 1 fully saturated rings. The first-order valence-corrected chi connectivity index (χ1v) is 7.14. The summed E-state index contributed by atoms with van der Waals surface area (Å²) in [7, 11) is 1.98. The fourth-order valence-electron chi connectivity index (χ4n) is 1.53. The molecule has 0 spiro atoms. The molecule has 0 bridgehead atoms. The second-order valence-electron chi connectivity index (χ2n) is 3.90. The molecule has 0 aromatic heterocycles. The summed E-state index contributed by atoms with van der Waals surface area (Å²) in [4.78, 5) is 1.32. The Morgan fingerprint density at radius 3 is 2.88 bits per heavy atom. The molecule has 0 aliphatic carbocycles. The van der Waals surface area contributed by atoms with E-state index in [0.717, 1.165) is 26.2 Å². The maximum atomic E-state index is 5.18. The lowest BCUT2D eigenvalue weighted by Crippen LogP contribution is -2.30. The van der Waals surface area contributed by atoms with E-state index < -0.39 is 0 Å². The zero-order valence-electron chi connectivity index (χ0n) is 9.33. The third kappa shape index (κ3) is 3.23. The quantitative estimate of drug-likeness (QED) is 0.903. The molecule has 1 aromatic rings. The fourth-order valence-corrected chi connectivity index (χ4v) is 3.24. The second-order valence-corrected chi connectivity index (χ2v) is 6.09. The average molecular weight is 302 g/mol. The van der Waals surface area contributed by atoms with Crippen LogP contribution < -0.4 is 5.32 Å². The highest BCUT2D eigenvalue weighted by Gasteiger charge is 2.20. The van der Waals surface area contributed by atoms with Gasteiger partial charge in [0.1, 0.15) is 0 Å². The summed E-state index contributed by atoms with van der Waals surface area (Å²) < 4.78 is 6.39. The first kappa shape index (κ1) is 12.4. The Labute approximate surface area is 109 Å². The van der Waals surface area contributed by atoms with Crippen molar-refractivity contribution in [3.8, 4) is 0 Å². The first-order chi connectivity index (χ1) is 7.79. The minimum Gasteiger partial charge on any atom is -0.379 e. The van der Waals surface area contributed by atoms with Crippen LogP contribution in [0.15, 0.2) is 27.6 Å². The van der Waals surface area contributed by atoms with E-state index in [0.29, 0.717) is 5.25 Å². The van der Waals surface area contributed by atoms with Gasteiger partial charge in [-0.3, -0.25) is 0 Å². The van der Waals surface area contributed by atoms with Gasteiger partial charge in [0, 0.05) is 9.37 Å². The lowest BCUT2D eigenvalue weighted by molar-refractivity contribution is 0.0455. The zero-order chi connectivity index (χ0) is 11.4. The maximum absolute atomic E-state index is 5.18. The molecule has 4 heteroatoms. The highest BCUT2D eigenvalue weighted by atomic mass is 79.9. The summed E-state index contributed by atoms with van der Waals surface area (Å²) >= 11 is 5.54. The normalized spacial score (nSPS) is 16.1. The molecular formula is C12H16BrNOS. The van der Waals surface area contributed by atoms with Gasteiger partial charge in [0.2, 0.25) is 0 Å². The van der Waals surface area contributed by atoms with Gasteiger partial charge in [0.15, 0.2) is 0 Å². The third-order valence-corrected chi connectivity index (χ3v) is 4.70. The van der Waals surface area contributed by atoms with Crippen LogP contribution in [0.1, 0.15) is 5.56 Å². The van der Waals surface area contributed by atoms with E-state index in [4.69, 9.17) is 4.74 Å². The number of benzene rings is 1. The van der Waals surface area contributed by atoms with E-state index in [1.807, 2.05) is 18.8 Å². The van der Waals surface area contributed by atoms with Crippen molar-refractivity contribution >= 4 is 27.7 Å². The van der Waals surface area contributed by atoms with Gasteiger partial charge in [-0.2, -0.15) is 0 Å². The number of rotatable bonds is 5. The van der Waals surface area contributed by atoms with Gasteiger partial charge in [-0.15, -0.1) is 11.8 Å². The maximum Gasteiger partial charge on any atom is 0.0611 e. The monoisotopic (exact) mass is 301 g/mol. The van der Waals surface area contributed by atoms with Crippen LogP contribution in [0.4, 0.5) is 0 Å². The van der Waals surface area contributed by atoms with Crippen LogP contribution in [-0.4, -0.2) is 32.1 Å². The van der Waals surface area contributed by atoms with Crippen LogP contribution in [0, 0.1) is 0 Å². The molecule has 2 rings (SSSR count). The Balaban J connectivity index is 1.97. The van der Waals surface area contributed by atoms with Crippen molar-refractivity contribution in [3.63, 3.8) is 0 Å². The van der Waals surface area contributed by atoms with Gasteiger partial charge in [0.05, 0.1) is 18.5 Å². The molecule has 0 atom stereocenters. The van der Waals surface area contributed by atoms with Crippen LogP contribution in [0.5, 0.6) is 0 Å². The third-order valence-electron chi connectivity index (χ3n) is 2.56. The van der Waals surface area contributed by atoms with Crippen molar-refractivity contribution < 1.29 is 4.74 Å². The van der Waals surface area contributed by atoms with Gasteiger partial charge < -0.3 is 10.1 Å². The Kier molecular flexibility index (Phi) is 4.70. The SMILES string of the molecule is CNCCc1ccc(SC2COC2)c(Br)c1. The number of hydrogen-bond acceptors (Lipinski definition) is 3. The van der Waals surface area contributed by atoms with Gasteiger partial charge in [0.25, 0.3) is 0 Å². The van der Waals surface area contributed by atoms with E-state index >= 15 is 0 Å². The van der Waals surface area contributed by atoms with Crippen molar-refractivity contribution in [2.75, 3.05) is 26.8 Å². The number of halogens is 1. The molecule has 1 aromatic carbocycles. The smallest absolute Gasteiger partial charge is 0.0611 e. The number of ether oxygens (including phenoxy) is 1. The largest absolute Gasteiger partial charge is 0.379 e. The van der Waals surface area contributed by atoms with E-state index in [1.165, 1.54) is 14.9 Å². The number of thioether (sulfide) groups is 1. The lowest BCUT2D eigenvalue weighted by atomic mass is 10.1. The van der Waals surface area contributed by atoms with Gasteiger partial charge in [-0.05, 0) is 53.6 Å². The van der Waals surface area contributed by atoms with Crippen LogP contribution >= 0.6 is 27.7 Å². The predicted octanol–water partition coefficient (Wildman–Crippen LogP) is 2.70. The van der Waals surface area contributed by atoms with Gasteiger partial charge in [-0.25, -0.2) is 0 Å². The fraction of sp³-hybridized carbons (Fsp3) is 0.500.